The van der Waals surface area contributed by atoms with Crippen molar-refractivity contribution in [1.29, 1.82) is 0 Å². The fraction of sp³-hybridized carbons (Fsp3) is 0.167. The molecule has 168 valence electrons. The van der Waals surface area contributed by atoms with E-state index in [4.69, 9.17) is 0 Å². The second-order valence-electron chi connectivity index (χ2n) is 7.30. The summed E-state index contributed by atoms with van der Waals surface area (Å²) >= 11 is 1.15. The fourth-order valence-corrected chi connectivity index (χ4v) is 4.24. The van der Waals surface area contributed by atoms with Gasteiger partial charge in [0, 0.05) is 11.9 Å². The molecule has 1 N–H and O–H groups in total. The monoisotopic (exact) mass is 466 g/mol. The van der Waals surface area contributed by atoms with Gasteiger partial charge < -0.3 is 5.32 Å². The van der Waals surface area contributed by atoms with Gasteiger partial charge in [0.15, 0.2) is 10.8 Å². The molecule has 0 fully saturated rings. The zero-order valence-electron chi connectivity index (χ0n) is 17.7. The molecule has 0 saturated heterocycles. The second kappa shape index (κ2) is 9.91. The predicted octanol–water partition coefficient (Wildman–Crippen LogP) is 4.63. The van der Waals surface area contributed by atoms with E-state index in [2.05, 4.69) is 15.3 Å². The number of nitrogens with zero attached hydrogens (tertiary/aromatic N) is 3. The number of fused-ring (bicyclic) bond motifs is 1. The SMILES string of the molecule is CC[C@@H](Sc1nc2ncccc2c(=O)n1Cc1ccc(F)cc1)C(=O)Nc1ccc(F)cc1. The van der Waals surface area contributed by atoms with Crippen LogP contribution in [0.15, 0.2) is 76.8 Å². The van der Waals surface area contributed by atoms with E-state index in [-0.39, 0.29) is 29.5 Å². The van der Waals surface area contributed by atoms with Gasteiger partial charge in [0.2, 0.25) is 5.91 Å². The standard InChI is InChI=1S/C24H20F2N4O2S/c1-2-20(22(31)28-18-11-9-17(26)10-12-18)33-24-29-21-19(4-3-13-27-21)23(32)30(24)14-15-5-7-16(25)8-6-15/h3-13,20H,2,14H2,1H3,(H,28,31)/t20-/m1/s1. The van der Waals surface area contributed by atoms with Gasteiger partial charge in [0.25, 0.3) is 5.56 Å². The van der Waals surface area contributed by atoms with Crippen LogP contribution in [0.4, 0.5) is 14.5 Å². The van der Waals surface area contributed by atoms with E-state index in [1.54, 1.807) is 30.5 Å². The summed E-state index contributed by atoms with van der Waals surface area (Å²) in [4.78, 5) is 34.9. The smallest absolute Gasteiger partial charge is 0.263 e. The van der Waals surface area contributed by atoms with E-state index in [1.165, 1.54) is 41.0 Å². The van der Waals surface area contributed by atoms with Crippen molar-refractivity contribution in [3.63, 3.8) is 0 Å². The quantitative estimate of drug-likeness (QED) is 0.318. The molecule has 1 atom stereocenters. The van der Waals surface area contributed by atoms with Crippen molar-refractivity contribution in [1.82, 2.24) is 14.5 Å². The number of carbonyl (C=O) groups is 1. The number of carbonyl (C=O) groups excluding carboxylic acids is 1. The maximum atomic E-state index is 13.3. The zero-order valence-corrected chi connectivity index (χ0v) is 18.5. The van der Waals surface area contributed by atoms with Crippen molar-refractivity contribution in [3.05, 3.63) is 94.4 Å². The first-order valence-electron chi connectivity index (χ1n) is 10.3. The summed E-state index contributed by atoms with van der Waals surface area (Å²) in [6.07, 6.45) is 2.01. The molecule has 0 unspecified atom stereocenters. The highest BCUT2D eigenvalue weighted by molar-refractivity contribution is 8.00. The summed E-state index contributed by atoms with van der Waals surface area (Å²) in [5, 5.41) is 2.89. The molecule has 2 aromatic heterocycles. The number of pyridine rings is 1. The van der Waals surface area contributed by atoms with Crippen molar-refractivity contribution in [2.45, 2.75) is 30.3 Å². The molecule has 33 heavy (non-hydrogen) atoms. The molecular weight excluding hydrogens is 446 g/mol. The normalized spacial score (nSPS) is 12.0. The average Bonchev–Trinajstić information content (AvgIpc) is 2.82. The lowest BCUT2D eigenvalue weighted by molar-refractivity contribution is -0.115. The van der Waals surface area contributed by atoms with Gasteiger partial charge in [-0.3, -0.25) is 14.2 Å². The Balaban J connectivity index is 1.68. The Bertz CT molecular complexity index is 1340. The van der Waals surface area contributed by atoms with Crippen molar-refractivity contribution in [2.75, 3.05) is 5.32 Å². The van der Waals surface area contributed by atoms with Gasteiger partial charge in [-0.05, 0) is 60.5 Å². The van der Waals surface area contributed by atoms with Gasteiger partial charge in [0.1, 0.15) is 11.6 Å². The number of halogens is 2. The molecule has 1 amide bonds. The van der Waals surface area contributed by atoms with Gasteiger partial charge >= 0.3 is 0 Å². The Morgan fingerprint density at radius 3 is 2.39 bits per heavy atom. The Labute approximate surface area is 192 Å². The lowest BCUT2D eigenvalue weighted by Crippen LogP contribution is -2.28. The van der Waals surface area contributed by atoms with Crippen LogP contribution in [0, 0.1) is 11.6 Å². The first-order valence-corrected chi connectivity index (χ1v) is 11.2. The maximum Gasteiger partial charge on any atom is 0.263 e. The van der Waals surface area contributed by atoms with E-state index in [0.29, 0.717) is 28.2 Å². The lowest BCUT2D eigenvalue weighted by Gasteiger charge is -2.18. The topological polar surface area (TPSA) is 76.9 Å². The number of hydrogen-bond acceptors (Lipinski definition) is 5. The molecule has 0 saturated carbocycles. The van der Waals surface area contributed by atoms with Crippen LogP contribution in [-0.4, -0.2) is 25.7 Å². The Hall–Kier alpha value is -3.59. The molecule has 2 heterocycles. The van der Waals surface area contributed by atoms with Crippen molar-refractivity contribution in [2.24, 2.45) is 0 Å². The zero-order chi connectivity index (χ0) is 23.4. The van der Waals surface area contributed by atoms with E-state index in [9.17, 15) is 18.4 Å². The summed E-state index contributed by atoms with van der Waals surface area (Å²) in [7, 11) is 0. The Kier molecular flexibility index (Phi) is 6.79. The van der Waals surface area contributed by atoms with E-state index in [0.717, 1.165) is 11.8 Å². The average molecular weight is 467 g/mol. The van der Waals surface area contributed by atoms with Crippen LogP contribution < -0.4 is 10.9 Å². The molecule has 4 rings (SSSR count). The summed E-state index contributed by atoms with van der Waals surface area (Å²) in [5.41, 5.74) is 1.18. The van der Waals surface area contributed by atoms with Crippen LogP contribution in [0.3, 0.4) is 0 Å². The highest BCUT2D eigenvalue weighted by Crippen LogP contribution is 2.26. The predicted molar refractivity (Wildman–Crippen MR) is 124 cm³/mol. The molecule has 0 radical (unpaired) electrons. The van der Waals surface area contributed by atoms with Crippen LogP contribution in [0.1, 0.15) is 18.9 Å². The van der Waals surface area contributed by atoms with Crippen LogP contribution in [0.2, 0.25) is 0 Å². The molecule has 2 aromatic carbocycles. The lowest BCUT2D eigenvalue weighted by atomic mass is 10.2. The molecule has 0 aliphatic carbocycles. The highest BCUT2D eigenvalue weighted by atomic mass is 32.2. The Morgan fingerprint density at radius 2 is 1.73 bits per heavy atom. The molecule has 0 aliphatic rings. The van der Waals surface area contributed by atoms with Crippen LogP contribution in [0.5, 0.6) is 0 Å². The Morgan fingerprint density at radius 1 is 1.06 bits per heavy atom. The minimum atomic E-state index is -0.567. The van der Waals surface area contributed by atoms with Gasteiger partial charge in [-0.25, -0.2) is 18.7 Å². The third-order valence-electron chi connectivity index (χ3n) is 4.97. The molecule has 0 spiro atoms. The molecular formula is C24H20F2N4O2S. The number of rotatable bonds is 7. The third-order valence-corrected chi connectivity index (χ3v) is 6.33. The summed E-state index contributed by atoms with van der Waals surface area (Å²) in [6, 6.07) is 14.6. The molecule has 6 nitrogen and oxygen atoms in total. The van der Waals surface area contributed by atoms with Crippen molar-refractivity contribution >= 4 is 34.4 Å². The molecule has 0 aliphatic heterocycles. The van der Waals surface area contributed by atoms with E-state index in [1.807, 2.05) is 6.92 Å². The van der Waals surface area contributed by atoms with E-state index < -0.39 is 11.1 Å². The fourth-order valence-electron chi connectivity index (χ4n) is 3.24. The minimum absolute atomic E-state index is 0.162. The van der Waals surface area contributed by atoms with Crippen molar-refractivity contribution in [3.8, 4) is 0 Å². The first-order chi connectivity index (χ1) is 15.9. The van der Waals surface area contributed by atoms with Gasteiger partial charge in [-0.1, -0.05) is 30.8 Å². The third kappa shape index (κ3) is 5.25. The van der Waals surface area contributed by atoms with Gasteiger partial charge in [0.05, 0.1) is 17.2 Å². The second-order valence-corrected chi connectivity index (χ2v) is 8.47. The van der Waals surface area contributed by atoms with Crippen LogP contribution >= 0.6 is 11.8 Å². The molecule has 0 bridgehead atoms. The molecule has 9 heteroatoms. The summed E-state index contributed by atoms with van der Waals surface area (Å²) in [6.45, 7) is 2.01. The van der Waals surface area contributed by atoms with Gasteiger partial charge in [-0.2, -0.15) is 0 Å². The van der Waals surface area contributed by atoms with Crippen molar-refractivity contribution < 1.29 is 13.6 Å². The first kappa shape index (κ1) is 22.6. The minimum Gasteiger partial charge on any atom is -0.325 e. The number of thioether (sulfide) groups is 1. The van der Waals surface area contributed by atoms with Crippen LogP contribution in [-0.2, 0) is 11.3 Å². The molecule has 4 aromatic rings. The number of anilines is 1. The van der Waals surface area contributed by atoms with E-state index >= 15 is 0 Å². The maximum absolute atomic E-state index is 13.3. The highest BCUT2D eigenvalue weighted by Gasteiger charge is 2.22. The van der Waals surface area contributed by atoms with Crippen LogP contribution in [0.25, 0.3) is 11.0 Å². The van der Waals surface area contributed by atoms with Gasteiger partial charge in [-0.15, -0.1) is 0 Å². The number of amides is 1. The number of hydrogen-bond donors (Lipinski definition) is 1. The number of benzene rings is 2. The summed E-state index contributed by atoms with van der Waals surface area (Å²) in [5.74, 6) is -1.06. The number of nitrogens with one attached hydrogen (secondary N) is 1. The largest absolute Gasteiger partial charge is 0.325 e. The number of aromatic nitrogens is 3. The summed E-state index contributed by atoms with van der Waals surface area (Å²) < 4.78 is 28.0.